The lowest BCUT2D eigenvalue weighted by atomic mass is 9.72. The molecule has 17 heavy (non-hydrogen) atoms. The van der Waals surface area contributed by atoms with E-state index in [1.807, 2.05) is 11.8 Å². The predicted molar refractivity (Wildman–Crippen MR) is 76.7 cm³/mol. The standard InChI is InChI=1S/C13H28N2OS/c1-5-11(9-17-4)15(3)13(10-14)7-12(8-13)16-6-2/h11-12H,5-10,14H2,1-4H3. The van der Waals surface area contributed by atoms with Crippen molar-refractivity contribution in [3.63, 3.8) is 0 Å². The summed E-state index contributed by atoms with van der Waals surface area (Å²) in [5.41, 5.74) is 6.20. The number of nitrogens with zero attached hydrogens (tertiary/aromatic N) is 1. The fourth-order valence-electron chi connectivity index (χ4n) is 2.82. The summed E-state index contributed by atoms with van der Waals surface area (Å²) in [6.45, 7) is 5.89. The molecule has 0 aromatic rings. The van der Waals surface area contributed by atoms with E-state index in [0.29, 0.717) is 12.1 Å². The van der Waals surface area contributed by atoms with Gasteiger partial charge in [0, 0.05) is 30.5 Å². The van der Waals surface area contributed by atoms with Crippen LogP contribution in [0.4, 0.5) is 0 Å². The van der Waals surface area contributed by atoms with E-state index in [-0.39, 0.29) is 5.54 Å². The Hall–Kier alpha value is 0.230. The Kier molecular flexibility index (Phi) is 6.27. The van der Waals surface area contributed by atoms with Crippen LogP contribution in [0.2, 0.25) is 0 Å². The average molecular weight is 260 g/mol. The zero-order chi connectivity index (χ0) is 12.9. The molecule has 0 spiro atoms. The second-order valence-electron chi connectivity index (χ2n) is 5.04. The molecule has 2 N–H and O–H groups in total. The van der Waals surface area contributed by atoms with Gasteiger partial charge in [-0.15, -0.1) is 0 Å². The van der Waals surface area contributed by atoms with E-state index in [4.69, 9.17) is 10.5 Å². The van der Waals surface area contributed by atoms with Crippen LogP contribution in [-0.2, 0) is 4.74 Å². The second-order valence-corrected chi connectivity index (χ2v) is 5.95. The normalized spacial score (nSPS) is 30.4. The first-order chi connectivity index (χ1) is 8.13. The molecule has 0 heterocycles. The summed E-state index contributed by atoms with van der Waals surface area (Å²) in [6, 6.07) is 0.635. The molecule has 0 bridgehead atoms. The number of hydrogen-bond donors (Lipinski definition) is 1. The molecule has 1 atom stereocenters. The SMILES string of the molecule is CCOC1CC(CN)(N(C)C(CC)CSC)C1. The van der Waals surface area contributed by atoms with Crippen LogP contribution >= 0.6 is 11.8 Å². The summed E-state index contributed by atoms with van der Waals surface area (Å²) in [5.74, 6) is 1.19. The molecule has 102 valence electrons. The Balaban J connectivity index is 2.55. The van der Waals surface area contributed by atoms with Gasteiger partial charge in [-0.1, -0.05) is 6.92 Å². The number of ether oxygens (including phenoxy) is 1. The van der Waals surface area contributed by atoms with Crippen LogP contribution in [0, 0.1) is 0 Å². The van der Waals surface area contributed by atoms with E-state index in [0.717, 1.165) is 26.0 Å². The average Bonchev–Trinajstić information content (AvgIpc) is 2.29. The number of rotatable bonds is 8. The lowest BCUT2D eigenvalue weighted by Crippen LogP contribution is -2.65. The molecule has 1 aliphatic rings. The van der Waals surface area contributed by atoms with Crippen LogP contribution in [0.25, 0.3) is 0 Å². The van der Waals surface area contributed by atoms with Crippen molar-refractivity contribution in [2.24, 2.45) is 5.73 Å². The van der Waals surface area contributed by atoms with Crippen molar-refractivity contribution in [3.05, 3.63) is 0 Å². The van der Waals surface area contributed by atoms with Crippen LogP contribution in [0.5, 0.6) is 0 Å². The fraction of sp³-hybridized carbons (Fsp3) is 1.00. The highest BCUT2D eigenvalue weighted by atomic mass is 32.2. The highest BCUT2D eigenvalue weighted by Crippen LogP contribution is 2.40. The summed E-state index contributed by atoms with van der Waals surface area (Å²) < 4.78 is 5.67. The summed E-state index contributed by atoms with van der Waals surface area (Å²) in [6.07, 6.45) is 5.99. The van der Waals surface area contributed by atoms with Gasteiger partial charge in [0.1, 0.15) is 0 Å². The number of hydrogen-bond acceptors (Lipinski definition) is 4. The van der Waals surface area contributed by atoms with Crippen molar-refractivity contribution in [2.75, 3.05) is 32.2 Å². The minimum Gasteiger partial charge on any atom is -0.378 e. The molecule has 0 amide bonds. The zero-order valence-electron chi connectivity index (χ0n) is 11.7. The number of nitrogens with two attached hydrogens (primary N) is 1. The van der Waals surface area contributed by atoms with E-state index < -0.39 is 0 Å². The van der Waals surface area contributed by atoms with Crippen LogP contribution in [0.1, 0.15) is 33.1 Å². The third-order valence-electron chi connectivity index (χ3n) is 4.12. The van der Waals surface area contributed by atoms with Gasteiger partial charge in [0.2, 0.25) is 0 Å². The van der Waals surface area contributed by atoms with E-state index in [9.17, 15) is 0 Å². The highest BCUT2D eigenvalue weighted by Gasteiger charge is 2.48. The van der Waals surface area contributed by atoms with Crippen molar-refractivity contribution >= 4 is 11.8 Å². The van der Waals surface area contributed by atoms with Crippen molar-refractivity contribution < 1.29 is 4.74 Å². The van der Waals surface area contributed by atoms with Crippen molar-refractivity contribution in [3.8, 4) is 0 Å². The Morgan fingerprint density at radius 3 is 2.53 bits per heavy atom. The molecule has 1 rings (SSSR count). The minimum atomic E-state index is 0.191. The quantitative estimate of drug-likeness (QED) is 0.724. The summed E-state index contributed by atoms with van der Waals surface area (Å²) in [4.78, 5) is 2.51. The van der Waals surface area contributed by atoms with Crippen molar-refractivity contribution in [2.45, 2.75) is 50.8 Å². The first kappa shape index (κ1) is 15.3. The molecule has 4 heteroatoms. The van der Waals surface area contributed by atoms with E-state index in [1.165, 1.54) is 12.2 Å². The molecule has 3 nitrogen and oxygen atoms in total. The second kappa shape index (κ2) is 6.98. The molecule has 0 radical (unpaired) electrons. The molecule has 0 saturated heterocycles. The van der Waals surface area contributed by atoms with Gasteiger partial charge < -0.3 is 10.5 Å². The molecule has 1 unspecified atom stereocenters. The monoisotopic (exact) mass is 260 g/mol. The lowest BCUT2D eigenvalue weighted by molar-refractivity contribution is -0.102. The molecule has 0 aromatic carbocycles. The maximum atomic E-state index is 6.01. The maximum Gasteiger partial charge on any atom is 0.0611 e. The Labute approximate surface area is 110 Å². The van der Waals surface area contributed by atoms with Crippen molar-refractivity contribution in [1.29, 1.82) is 0 Å². The van der Waals surface area contributed by atoms with E-state index >= 15 is 0 Å². The molecular formula is C13H28N2OS. The van der Waals surface area contributed by atoms with Gasteiger partial charge in [-0.25, -0.2) is 0 Å². The van der Waals surface area contributed by atoms with E-state index in [2.05, 4.69) is 32.1 Å². The van der Waals surface area contributed by atoms with Gasteiger partial charge in [0.15, 0.2) is 0 Å². The Morgan fingerprint density at radius 2 is 2.12 bits per heavy atom. The topological polar surface area (TPSA) is 38.5 Å². The maximum absolute atomic E-state index is 6.01. The molecule has 1 aliphatic carbocycles. The largest absolute Gasteiger partial charge is 0.378 e. The van der Waals surface area contributed by atoms with Gasteiger partial charge in [0.05, 0.1) is 6.10 Å². The molecule has 1 fully saturated rings. The van der Waals surface area contributed by atoms with E-state index in [1.54, 1.807) is 0 Å². The van der Waals surface area contributed by atoms with Gasteiger partial charge in [0.25, 0.3) is 0 Å². The molecule has 1 saturated carbocycles. The zero-order valence-corrected chi connectivity index (χ0v) is 12.6. The number of likely N-dealkylation sites (N-methyl/N-ethyl adjacent to an activating group) is 1. The summed E-state index contributed by atoms with van der Waals surface area (Å²) in [7, 11) is 2.24. The third-order valence-corrected chi connectivity index (χ3v) is 4.84. The minimum absolute atomic E-state index is 0.191. The smallest absolute Gasteiger partial charge is 0.0611 e. The van der Waals surface area contributed by atoms with Crippen molar-refractivity contribution in [1.82, 2.24) is 4.90 Å². The lowest BCUT2D eigenvalue weighted by Gasteiger charge is -2.54. The Bertz CT molecular complexity index is 219. The highest BCUT2D eigenvalue weighted by molar-refractivity contribution is 7.98. The van der Waals surface area contributed by atoms with Crippen LogP contribution in [0.15, 0.2) is 0 Å². The van der Waals surface area contributed by atoms with Crippen LogP contribution in [0.3, 0.4) is 0 Å². The Morgan fingerprint density at radius 1 is 1.47 bits per heavy atom. The molecule has 0 aliphatic heterocycles. The van der Waals surface area contributed by atoms with Gasteiger partial charge in [-0.05, 0) is 39.5 Å². The van der Waals surface area contributed by atoms with Gasteiger partial charge in [-0.2, -0.15) is 11.8 Å². The third kappa shape index (κ3) is 3.37. The summed E-state index contributed by atoms with van der Waals surface area (Å²) in [5, 5.41) is 0. The van der Waals surface area contributed by atoms with Crippen LogP contribution in [-0.4, -0.2) is 54.8 Å². The molecule has 0 aromatic heterocycles. The summed E-state index contributed by atoms with van der Waals surface area (Å²) >= 11 is 1.92. The predicted octanol–water partition coefficient (Wildman–Crippen LogP) is 1.96. The van der Waals surface area contributed by atoms with Gasteiger partial charge >= 0.3 is 0 Å². The first-order valence-corrected chi connectivity index (χ1v) is 8.06. The van der Waals surface area contributed by atoms with Crippen LogP contribution < -0.4 is 5.73 Å². The molecular weight excluding hydrogens is 232 g/mol. The van der Waals surface area contributed by atoms with Gasteiger partial charge in [-0.3, -0.25) is 4.90 Å². The fourth-order valence-corrected chi connectivity index (χ4v) is 3.67. The number of thioether (sulfide) groups is 1. The first-order valence-electron chi connectivity index (χ1n) is 6.67.